The summed E-state index contributed by atoms with van der Waals surface area (Å²) in [5, 5.41) is 4.40. The molecule has 0 atom stereocenters. The molecule has 0 spiro atoms. The lowest BCUT2D eigenvalue weighted by Crippen LogP contribution is -2.18. The first-order valence-corrected chi connectivity index (χ1v) is 4.91. The second-order valence-corrected chi connectivity index (χ2v) is 3.79. The lowest BCUT2D eigenvalue weighted by Gasteiger charge is -2.00. The van der Waals surface area contributed by atoms with E-state index in [-0.39, 0.29) is 5.88 Å². The van der Waals surface area contributed by atoms with Crippen molar-refractivity contribution < 1.29 is 17.9 Å². The molecule has 0 aliphatic rings. The van der Waals surface area contributed by atoms with Gasteiger partial charge in [-0.2, -0.15) is 4.98 Å². The second kappa shape index (κ2) is 3.60. The van der Waals surface area contributed by atoms with E-state index in [9.17, 15) is 13.2 Å². The predicted molar refractivity (Wildman–Crippen MR) is 45.8 cm³/mol. The number of aromatic nitrogens is 1. The number of hydrogen-bond acceptors (Lipinski definition) is 5. The summed E-state index contributed by atoms with van der Waals surface area (Å²) in [5.41, 5.74) is 4.70. The van der Waals surface area contributed by atoms with Crippen molar-refractivity contribution in [1.82, 2.24) is 4.98 Å². The number of ether oxygens (including phenoxy) is 1. The molecule has 76 valence electrons. The highest BCUT2D eigenvalue weighted by molar-refractivity contribution is 7.89. The first-order chi connectivity index (χ1) is 6.39. The molecule has 0 aliphatic heterocycles. The molecule has 1 amide bonds. The predicted octanol–water partition coefficient (Wildman–Crippen LogP) is -0.813. The normalized spacial score (nSPS) is 10.9. The summed E-state index contributed by atoms with van der Waals surface area (Å²) in [6, 6.07) is 3.77. The van der Waals surface area contributed by atoms with Gasteiger partial charge in [-0.15, -0.1) is 0 Å². The Morgan fingerprint density at radius 2 is 2.07 bits per heavy atom. The third-order valence-corrected chi connectivity index (χ3v) is 2.01. The Labute approximate surface area is 79.7 Å². The van der Waals surface area contributed by atoms with E-state index in [4.69, 9.17) is 10.9 Å². The van der Waals surface area contributed by atoms with E-state index >= 15 is 0 Å². The second-order valence-electron chi connectivity index (χ2n) is 2.28. The standard InChI is InChI=1S/C6H7N3O4S/c7-6(10)13-4-2-1-3-5(9-4)14(8,11)12/h1-3H,(H2,7,10)(H2,8,11,12). The molecule has 1 rings (SSSR count). The summed E-state index contributed by atoms with van der Waals surface area (Å²) in [7, 11) is -3.90. The summed E-state index contributed by atoms with van der Waals surface area (Å²) in [6.45, 7) is 0. The summed E-state index contributed by atoms with van der Waals surface area (Å²) >= 11 is 0. The van der Waals surface area contributed by atoms with Crippen LogP contribution in [0.5, 0.6) is 5.88 Å². The molecule has 1 aromatic heterocycles. The maximum Gasteiger partial charge on any atom is 0.411 e. The monoisotopic (exact) mass is 217 g/mol. The highest BCUT2D eigenvalue weighted by Gasteiger charge is 2.10. The molecule has 0 saturated heterocycles. The average Bonchev–Trinajstić information content (AvgIpc) is 2.01. The smallest absolute Gasteiger partial charge is 0.391 e. The van der Waals surface area contributed by atoms with Crippen molar-refractivity contribution in [3.05, 3.63) is 18.2 Å². The fourth-order valence-corrected chi connectivity index (χ4v) is 1.20. The molecule has 0 fully saturated rings. The minimum Gasteiger partial charge on any atom is -0.391 e. The topological polar surface area (TPSA) is 125 Å². The Morgan fingerprint density at radius 1 is 1.43 bits per heavy atom. The Morgan fingerprint density at radius 3 is 2.57 bits per heavy atom. The van der Waals surface area contributed by atoms with E-state index < -0.39 is 21.1 Å². The Hall–Kier alpha value is -1.67. The van der Waals surface area contributed by atoms with Gasteiger partial charge >= 0.3 is 6.09 Å². The molecule has 0 unspecified atom stereocenters. The number of carbonyl (C=O) groups is 1. The summed E-state index contributed by atoms with van der Waals surface area (Å²) in [4.78, 5) is 13.8. The highest BCUT2D eigenvalue weighted by atomic mass is 32.2. The number of hydrogen-bond donors (Lipinski definition) is 2. The van der Waals surface area contributed by atoms with Crippen molar-refractivity contribution in [2.75, 3.05) is 0 Å². The molecule has 0 aliphatic carbocycles. The fourth-order valence-electron chi connectivity index (χ4n) is 0.714. The number of primary sulfonamides is 1. The Balaban J connectivity index is 3.08. The molecule has 1 aromatic rings. The van der Waals surface area contributed by atoms with Crippen LogP contribution in [0.15, 0.2) is 23.2 Å². The van der Waals surface area contributed by atoms with E-state index in [1.165, 1.54) is 18.2 Å². The van der Waals surface area contributed by atoms with Crippen LogP contribution in [0.2, 0.25) is 0 Å². The summed E-state index contributed by atoms with van der Waals surface area (Å²) in [5.74, 6) is -0.218. The lowest BCUT2D eigenvalue weighted by molar-refractivity contribution is 0.208. The fraction of sp³-hybridized carbons (Fsp3) is 0. The van der Waals surface area contributed by atoms with Crippen LogP contribution < -0.4 is 15.6 Å². The van der Waals surface area contributed by atoms with Crippen molar-refractivity contribution in [1.29, 1.82) is 0 Å². The van der Waals surface area contributed by atoms with Crippen LogP contribution in [-0.2, 0) is 10.0 Å². The van der Waals surface area contributed by atoms with E-state index in [0.29, 0.717) is 0 Å². The van der Waals surface area contributed by atoms with Gasteiger partial charge in [-0.25, -0.2) is 18.4 Å². The zero-order valence-corrected chi connectivity index (χ0v) is 7.69. The van der Waals surface area contributed by atoms with Gasteiger partial charge < -0.3 is 10.5 Å². The van der Waals surface area contributed by atoms with Crippen LogP contribution in [0, 0.1) is 0 Å². The maximum absolute atomic E-state index is 10.8. The van der Waals surface area contributed by atoms with E-state index in [0.717, 1.165) is 0 Å². The molecule has 0 saturated carbocycles. The molecule has 4 N–H and O–H groups in total. The number of sulfonamides is 1. The van der Waals surface area contributed by atoms with Crippen LogP contribution in [0.1, 0.15) is 0 Å². The van der Waals surface area contributed by atoms with Gasteiger partial charge in [0.2, 0.25) is 5.88 Å². The van der Waals surface area contributed by atoms with Gasteiger partial charge in [0.1, 0.15) is 0 Å². The van der Waals surface area contributed by atoms with Crippen molar-refractivity contribution in [3.63, 3.8) is 0 Å². The van der Waals surface area contributed by atoms with Crippen molar-refractivity contribution >= 4 is 16.1 Å². The molecule has 0 bridgehead atoms. The maximum atomic E-state index is 10.8. The number of carbonyl (C=O) groups excluding carboxylic acids is 1. The van der Waals surface area contributed by atoms with E-state index in [1.807, 2.05) is 0 Å². The average molecular weight is 217 g/mol. The molecule has 0 radical (unpaired) electrons. The number of pyridine rings is 1. The van der Waals surface area contributed by atoms with Crippen LogP contribution in [0.3, 0.4) is 0 Å². The minimum atomic E-state index is -3.90. The minimum absolute atomic E-state index is 0.218. The quantitative estimate of drug-likeness (QED) is 0.669. The van der Waals surface area contributed by atoms with E-state index in [1.54, 1.807) is 0 Å². The number of primary amides is 1. The largest absolute Gasteiger partial charge is 0.411 e. The molecule has 0 aromatic carbocycles. The van der Waals surface area contributed by atoms with Gasteiger partial charge in [0.05, 0.1) is 0 Å². The van der Waals surface area contributed by atoms with Crippen molar-refractivity contribution in [3.8, 4) is 5.88 Å². The molecule has 14 heavy (non-hydrogen) atoms. The Kier molecular flexibility index (Phi) is 2.68. The molecular formula is C6H7N3O4S. The number of amides is 1. The van der Waals surface area contributed by atoms with Crippen LogP contribution in [0.4, 0.5) is 4.79 Å². The first-order valence-electron chi connectivity index (χ1n) is 3.37. The van der Waals surface area contributed by atoms with Crippen LogP contribution >= 0.6 is 0 Å². The first kappa shape index (κ1) is 10.4. The van der Waals surface area contributed by atoms with Crippen molar-refractivity contribution in [2.45, 2.75) is 5.03 Å². The summed E-state index contributed by atoms with van der Waals surface area (Å²) in [6.07, 6.45) is -1.08. The third-order valence-electron chi connectivity index (χ3n) is 1.19. The van der Waals surface area contributed by atoms with Crippen molar-refractivity contribution in [2.24, 2.45) is 10.9 Å². The molecule has 1 heterocycles. The van der Waals surface area contributed by atoms with Gasteiger partial charge in [-0.3, -0.25) is 0 Å². The Bertz CT molecular complexity index is 456. The SMILES string of the molecule is NC(=O)Oc1cccc(S(N)(=O)=O)n1. The van der Waals surface area contributed by atoms with Gasteiger partial charge in [0, 0.05) is 6.07 Å². The summed E-state index contributed by atoms with van der Waals surface area (Å²) < 4.78 is 26.0. The van der Waals surface area contributed by atoms with Gasteiger partial charge in [-0.1, -0.05) is 6.07 Å². The van der Waals surface area contributed by atoms with Gasteiger partial charge in [0.15, 0.2) is 5.03 Å². The zero-order valence-electron chi connectivity index (χ0n) is 6.88. The zero-order chi connectivity index (χ0) is 10.8. The lowest BCUT2D eigenvalue weighted by atomic mass is 10.5. The number of nitrogens with two attached hydrogens (primary N) is 2. The number of rotatable bonds is 2. The highest BCUT2D eigenvalue weighted by Crippen LogP contribution is 2.10. The number of nitrogens with zero attached hydrogens (tertiary/aromatic N) is 1. The molecule has 8 heteroatoms. The van der Waals surface area contributed by atoms with E-state index in [2.05, 4.69) is 9.72 Å². The van der Waals surface area contributed by atoms with Crippen LogP contribution in [-0.4, -0.2) is 19.5 Å². The van der Waals surface area contributed by atoms with Gasteiger partial charge in [0.25, 0.3) is 10.0 Å². The van der Waals surface area contributed by atoms with Gasteiger partial charge in [-0.05, 0) is 6.07 Å². The molecule has 7 nitrogen and oxygen atoms in total. The third kappa shape index (κ3) is 2.68. The molecular weight excluding hydrogens is 210 g/mol. The van der Waals surface area contributed by atoms with Crippen LogP contribution in [0.25, 0.3) is 0 Å².